The highest BCUT2D eigenvalue weighted by Gasteiger charge is 2.00. The number of nitriles is 1. The van der Waals surface area contributed by atoms with E-state index in [1.165, 1.54) is 32.1 Å². The van der Waals surface area contributed by atoms with Gasteiger partial charge in [0.1, 0.15) is 0 Å². The molecule has 0 N–H and O–H groups in total. The summed E-state index contributed by atoms with van der Waals surface area (Å²) in [5, 5.41) is 8.85. The second-order valence-corrected chi connectivity index (χ2v) is 4.56. The fourth-order valence-corrected chi connectivity index (χ4v) is 1.84. The van der Waals surface area contributed by atoms with Gasteiger partial charge < -0.3 is 4.74 Å². The van der Waals surface area contributed by atoms with E-state index in [4.69, 9.17) is 10.00 Å². The summed E-state index contributed by atoms with van der Waals surface area (Å²) in [7, 11) is 0. The number of ether oxygens (including phenoxy) is 1. The second-order valence-electron chi connectivity index (χ2n) is 4.56. The van der Waals surface area contributed by atoms with E-state index in [1.807, 2.05) is 6.92 Å². The zero-order valence-electron chi connectivity index (χ0n) is 11.4. The Bertz CT molecular complexity index is 396. The first kappa shape index (κ1) is 14.5. The fraction of sp³-hybridized carbons (Fsp3) is 0.600. The third kappa shape index (κ3) is 5.67. The van der Waals surface area contributed by atoms with Crippen LogP contribution in [0, 0.1) is 18.3 Å². The minimum atomic E-state index is 0.570. The highest BCUT2D eigenvalue weighted by atomic mass is 16.5. The van der Waals surface area contributed by atoms with E-state index in [9.17, 15) is 0 Å². The van der Waals surface area contributed by atoms with Crippen molar-refractivity contribution in [2.75, 3.05) is 6.61 Å². The lowest BCUT2D eigenvalue weighted by Gasteiger charge is -2.06. The third-order valence-electron chi connectivity index (χ3n) is 2.81. The summed E-state index contributed by atoms with van der Waals surface area (Å²) in [6, 6.07) is 5.57. The van der Waals surface area contributed by atoms with Gasteiger partial charge in [0.15, 0.2) is 0 Å². The van der Waals surface area contributed by atoms with Crippen LogP contribution in [0.1, 0.15) is 56.7 Å². The minimum Gasteiger partial charge on any atom is -0.478 e. The van der Waals surface area contributed by atoms with E-state index in [0.717, 1.165) is 12.1 Å². The summed E-state index contributed by atoms with van der Waals surface area (Å²) < 4.78 is 5.57. The summed E-state index contributed by atoms with van der Waals surface area (Å²) >= 11 is 0. The van der Waals surface area contributed by atoms with Crippen molar-refractivity contribution < 1.29 is 4.74 Å². The van der Waals surface area contributed by atoms with Crippen LogP contribution >= 0.6 is 0 Å². The maximum Gasteiger partial charge on any atom is 0.214 e. The summed E-state index contributed by atoms with van der Waals surface area (Å²) in [5.74, 6) is 0.570. The SMILES string of the molecule is CCCCCCCCOc1cc(C#N)cc(C)n1. The number of aromatic nitrogens is 1. The van der Waals surface area contributed by atoms with Gasteiger partial charge in [-0.2, -0.15) is 5.26 Å². The van der Waals surface area contributed by atoms with Gasteiger partial charge in [-0.15, -0.1) is 0 Å². The molecule has 0 saturated heterocycles. The zero-order valence-corrected chi connectivity index (χ0v) is 11.4. The number of aryl methyl sites for hydroxylation is 1. The predicted molar refractivity (Wildman–Crippen MR) is 72.6 cm³/mol. The fourth-order valence-electron chi connectivity index (χ4n) is 1.84. The molecule has 0 aliphatic carbocycles. The highest BCUT2D eigenvalue weighted by molar-refractivity contribution is 5.33. The molecule has 0 fully saturated rings. The summed E-state index contributed by atoms with van der Waals surface area (Å²) in [5.41, 5.74) is 1.44. The van der Waals surface area contributed by atoms with Crippen molar-refractivity contribution in [3.63, 3.8) is 0 Å². The first-order chi connectivity index (χ1) is 8.76. The van der Waals surface area contributed by atoms with Crippen LogP contribution < -0.4 is 4.74 Å². The average molecular weight is 246 g/mol. The number of hydrogen-bond donors (Lipinski definition) is 0. The Balaban J connectivity index is 2.23. The van der Waals surface area contributed by atoms with Crippen molar-refractivity contribution in [3.05, 3.63) is 23.4 Å². The molecule has 0 unspecified atom stereocenters. The standard InChI is InChI=1S/C15H22N2O/c1-3-4-5-6-7-8-9-18-15-11-14(12-16)10-13(2)17-15/h10-11H,3-9H2,1-2H3. The Morgan fingerprint density at radius 2 is 1.89 bits per heavy atom. The molecule has 0 saturated carbocycles. The quantitative estimate of drug-likeness (QED) is 0.651. The molecule has 0 aliphatic rings. The van der Waals surface area contributed by atoms with Gasteiger partial charge in [-0.1, -0.05) is 39.0 Å². The van der Waals surface area contributed by atoms with Crippen LogP contribution in [-0.2, 0) is 0 Å². The predicted octanol–water partition coefficient (Wildman–Crippen LogP) is 4.00. The Morgan fingerprint density at radius 1 is 1.17 bits per heavy atom. The molecule has 1 heterocycles. The van der Waals surface area contributed by atoms with Crippen molar-refractivity contribution in [1.82, 2.24) is 4.98 Å². The van der Waals surface area contributed by atoms with Gasteiger partial charge in [-0.25, -0.2) is 4.98 Å². The molecule has 0 bridgehead atoms. The second kappa shape index (κ2) is 8.52. The molecule has 3 heteroatoms. The maximum atomic E-state index is 8.85. The molecule has 0 amide bonds. The van der Waals surface area contributed by atoms with Crippen LogP contribution in [0.4, 0.5) is 0 Å². The molecule has 0 atom stereocenters. The lowest BCUT2D eigenvalue weighted by molar-refractivity contribution is 0.292. The zero-order chi connectivity index (χ0) is 13.2. The van der Waals surface area contributed by atoms with Crippen molar-refractivity contribution in [3.8, 4) is 11.9 Å². The monoisotopic (exact) mass is 246 g/mol. The Labute approximate surface area is 110 Å². The number of unbranched alkanes of at least 4 members (excludes halogenated alkanes) is 5. The van der Waals surface area contributed by atoms with Crippen LogP contribution in [0.15, 0.2) is 12.1 Å². The summed E-state index contributed by atoms with van der Waals surface area (Å²) in [6.45, 7) is 4.78. The van der Waals surface area contributed by atoms with Gasteiger partial charge in [0.25, 0.3) is 0 Å². The number of nitrogens with zero attached hydrogens (tertiary/aromatic N) is 2. The molecule has 1 aromatic heterocycles. The van der Waals surface area contributed by atoms with E-state index in [2.05, 4.69) is 18.0 Å². The molecule has 18 heavy (non-hydrogen) atoms. The van der Waals surface area contributed by atoms with Gasteiger partial charge in [-0.3, -0.25) is 0 Å². The smallest absolute Gasteiger partial charge is 0.214 e. The van der Waals surface area contributed by atoms with Crippen LogP contribution in [0.2, 0.25) is 0 Å². The lowest BCUT2D eigenvalue weighted by Crippen LogP contribution is -2.00. The lowest BCUT2D eigenvalue weighted by atomic mass is 10.1. The number of hydrogen-bond acceptors (Lipinski definition) is 3. The molecule has 0 aromatic carbocycles. The van der Waals surface area contributed by atoms with Crippen LogP contribution in [0.25, 0.3) is 0 Å². The number of rotatable bonds is 8. The summed E-state index contributed by atoms with van der Waals surface area (Å²) in [6.07, 6.45) is 7.46. The van der Waals surface area contributed by atoms with Crippen LogP contribution in [0.3, 0.4) is 0 Å². The number of pyridine rings is 1. The molecule has 0 aliphatic heterocycles. The molecule has 98 valence electrons. The highest BCUT2D eigenvalue weighted by Crippen LogP contribution is 2.12. The first-order valence-electron chi connectivity index (χ1n) is 6.78. The molecule has 0 spiro atoms. The largest absolute Gasteiger partial charge is 0.478 e. The molecule has 0 radical (unpaired) electrons. The Morgan fingerprint density at radius 3 is 2.61 bits per heavy atom. The molecular weight excluding hydrogens is 224 g/mol. The van der Waals surface area contributed by atoms with E-state index < -0.39 is 0 Å². The molecule has 1 aromatic rings. The van der Waals surface area contributed by atoms with Crippen molar-refractivity contribution in [2.45, 2.75) is 52.4 Å². The van der Waals surface area contributed by atoms with Gasteiger partial charge in [-0.05, 0) is 19.4 Å². The van der Waals surface area contributed by atoms with Crippen LogP contribution in [0.5, 0.6) is 5.88 Å². The van der Waals surface area contributed by atoms with Crippen molar-refractivity contribution >= 4 is 0 Å². The summed E-state index contributed by atoms with van der Waals surface area (Å²) in [4.78, 5) is 4.26. The maximum absolute atomic E-state index is 8.85. The van der Waals surface area contributed by atoms with Gasteiger partial charge in [0.05, 0.1) is 18.2 Å². The molecule has 3 nitrogen and oxygen atoms in total. The topological polar surface area (TPSA) is 45.9 Å². The van der Waals surface area contributed by atoms with Gasteiger partial charge in [0.2, 0.25) is 5.88 Å². The van der Waals surface area contributed by atoms with E-state index in [1.54, 1.807) is 12.1 Å². The van der Waals surface area contributed by atoms with Gasteiger partial charge in [0, 0.05) is 11.8 Å². The third-order valence-corrected chi connectivity index (χ3v) is 2.81. The molecule has 1 rings (SSSR count). The average Bonchev–Trinajstić information content (AvgIpc) is 2.37. The van der Waals surface area contributed by atoms with Crippen molar-refractivity contribution in [1.29, 1.82) is 5.26 Å². The molecular formula is C15H22N2O. The van der Waals surface area contributed by atoms with Crippen molar-refractivity contribution in [2.24, 2.45) is 0 Å². The first-order valence-corrected chi connectivity index (χ1v) is 6.78. The van der Waals surface area contributed by atoms with Crippen LogP contribution in [-0.4, -0.2) is 11.6 Å². The normalized spacial score (nSPS) is 10.1. The van der Waals surface area contributed by atoms with E-state index >= 15 is 0 Å². The van der Waals surface area contributed by atoms with Gasteiger partial charge >= 0.3 is 0 Å². The Kier molecular flexibility index (Phi) is 6.86. The van der Waals surface area contributed by atoms with E-state index in [-0.39, 0.29) is 0 Å². The minimum absolute atomic E-state index is 0.570. The van der Waals surface area contributed by atoms with E-state index in [0.29, 0.717) is 18.1 Å². The Hall–Kier alpha value is -1.56.